The summed E-state index contributed by atoms with van der Waals surface area (Å²) in [5, 5.41) is 23.6. The molecule has 1 rings (SSSR count). The number of carbonyl (C=O) groups excluding carboxylic acids is 2. The van der Waals surface area contributed by atoms with E-state index in [0.29, 0.717) is 12.0 Å². The average Bonchev–Trinajstić information content (AvgIpc) is 2.64. The predicted molar refractivity (Wildman–Crippen MR) is 106 cm³/mol. The maximum absolute atomic E-state index is 12.2. The average molecular weight is 418 g/mol. The Morgan fingerprint density at radius 1 is 1.39 bits per heavy atom. The largest absolute Gasteiger partial charge is 0.467 e. The van der Waals surface area contributed by atoms with Crippen molar-refractivity contribution < 1.29 is 24.4 Å². The number of nitro benzene ring substituents is 1. The highest BCUT2D eigenvalue weighted by Crippen LogP contribution is 2.16. The maximum atomic E-state index is 12.2. The molecule has 1 aromatic carbocycles. The molecule has 0 aromatic heterocycles. The number of hydrogen-bond acceptors (Lipinski definition) is 7. The molecule has 1 unspecified atom stereocenters. The van der Waals surface area contributed by atoms with Gasteiger partial charge in [-0.15, -0.1) is 12.4 Å². The highest BCUT2D eigenvalue weighted by atomic mass is 35.5. The lowest BCUT2D eigenvalue weighted by Crippen LogP contribution is -2.48. The fourth-order valence-corrected chi connectivity index (χ4v) is 2.58. The van der Waals surface area contributed by atoms with E-state index in [1.807, 2.05) is 13.8 Å². The van der Waals surface area contributed by atoms with Crippen molar-refractivity contribution in [2.75, 3.05) is 7.11 Å². The van der Waals surface area contributed by atoms with Gasteiger partial charge in [0.1, 0.15) is 6.04 Å². The third kappa shape index (κ3) is 7.79. The topological polar surface area (TPSA) is 145 Å². The number of halogens is 1. The fourth-order valence-electron chi connectivity index (χ4n) is 2.58. The van der Waals surface area contributed by atoms with Crippen LogP contribution in [0, 0.1) is 16.0 Å². The molecule has 10 heteroatoms. The molecule has 0 heterocycles. The molecule has 0 saturated carbocycles. The van der Waals surface area contributed by atoms with Crippen LogP contribution in [0.15, 0.2) is 24.3 Å². The van der Waals surface area contributed by atoms with Crippen LogP contribution in [0.5, 0.6) is 0 Å². The minimum Gasteiger partial charge on any atom is -0.467 e. The van der Waals surface area contributed by atoms with Crippen LogP contribution in [0.2, 0.25) is 0 Å². The lowest BCUT2D eigenvalue weighted by molar-refractivity contribution is -0.384. The first-order valence-electron chi connectivity index (χ1n) is 8.73. The molecule has 0 aliphatic heterocycles. The molecule has 0 aliphatic rings. The third-order valence-corrected chi connectivity index (χ3v) is 4.47. The summed E-state index contributed by atoms with van der Waals surface area (Å²) >= 11 is 0. The Balaban J connectivity index is 0.00000729. The Bertz CT molecular complexity index is 672. The number of ether oxygens (including phenoxy) is 1. The molecule has 4 atom stereocenters. The van der Waals surface area contributed by atoms with Crippen molar-refractivity contribution in [1.82, 2.24) is 5.32 Å². The van der Waals surface area contributed by atoms with E-state index in [9.17, 15) is 24.8 Å². The molecule has 0 saturated heterocycles. The van der Waals surface area contributed by atoms with Crippen molar-refractivity contribution in [3.05, 3.63) is 39.9 Å². The van der Waals surface area contributed by atoms with Crippen LogP contribution in [0.1, 0.15) is 32.3 Å². The SMILES string of the molecule is CC[C@H](C)[C@H](NC(=O)CC(O)[C@@H](N)Cc1cccc([N+](=O)[O-])c1)C(=O)OC.Cl. The highest BCUT2D eigenvalue weighted by Gasteiger charge is 2.28. The van der Waals surface area contributed by atoms with E-state index in [2.05, 4.69) is 5.32 Å². The molecule has 9 nitrogen and oxygen atoms in total. The van der Waals surface area contributed by atoms with Gasteiger partial charge < -0.3 is 20.9 Å². The van der Waals surface area contributed by atoms with Gasteiger partial charge in [-0.2, -0.15) is 0 Å². The molecule has 0 spiro atoms. The molecule has 1 amide bonds. The minimum absolute atomic E-state index is 0. The Morgan fingerprint density at radius 3 is 2.57 bits per heavy atom. The van der Waals surface area contributed by atoms with E-state index < -0.39 is 35.0 Å². The predicted octanol–water partition coefficient (Wildman–Crippen LogP) is 1.34. The summed E-state index contributed by atoms with van der Waals surface area (Å²) < 4.78 is 4.70. The summed E-state index contributed by atoms with van der Waals surface area (Å²) in [4.78, 5) is 34.3. The van der Waals surface area contributed by atoms with Crippen LogP contribution in [-0.4, -0.2) is 47.2 Å². The van der Waals surface area contributed by atoms with Gasteiger partial charge in [-0.25, -0.2) is 4.79 Å². The third-order valence-electron chi connectivity index (χ3n) is 4.47. The number of carbonyl (C=O) groups is 2. The summed E-state index contributed by atoms with van der Waals surface area (Å²) in [6.45, 7) is 3.70. The maximum Gasteiger partial charge on any atom is 0.328 e. The van der Waals surface area contributed by atoms with Gasteiger partial charge in [0.25, 0.3) is 5.69 Å². The smallest absolute Gasteiger partial charge is 0.328 e. The van der Waals surface area contributed by atoms with Gasteiger partial charge in [-0.05, 0) is 17.9 Å². The normalized spacial score (nSPS) is 14.8. The van der Waals surface area contributed by atoms with Crippen molar-refractivity contribution >= 4 is 30.0 Å². The van der Waals surface area contributed by atoms with E-state index in [-0.39, 0.29) is 36.9 Å². The Morgan fingerprint density at radius 2 is 2.04 bits per heavy atom. The minimum atomic E-state index is -1.17. The van der Waals surface area contributed by atoms with Gasteiger partial charge in [0, 0.05) is 18.2 Å². The van der Waals surface area contributed by atoms with Crippen molar-refractivity contribution in [3.8, 4) is 0 Å². The van der Waals surface area contributed by atoms with Crippen LogP contribution >= 0.6 is 12.4 Å². The first kappa shape index (κ1) is 25.8. The second-order valence-electron chi connectivity index (χ2n) is 6.52. The van der Waals surface area contributed by atoms with Gasteiger partial charge in [0.15, 0.2) is 0 Å². The van der Waals surface area contributed by atoms with Crippen molar-refractivity contribution in [2.45, 2.75) is 51.3 Å². The van der Waals surface area contributed by atoms with Gasteiger partial charge in [-0.3, -0.25) is 14.9 Å². The molecule has 1 aromatic rings. The molecular weight excluding hydrogens is 390 g/mol. The number of amides is 1. The summed E-state index contributed by atoms with van der Waals surface area (Å²) in [6.07, 6.45) is -0.629. The Labute approximate surface area is 170 Å². The number of nitro groups is 1. The Kier molecular flexibility index (Phi) is 11.3. The zero-order chi connectivity index (χ0) is 20.6. The zero-order valence-corrected chi connectivity index (χ0v) is 17.0. The number of nitrogens with two attached hydrogens (primary N) is 1. The van der Waals surface area contributed by atoms with Crippen LogP contribution in [0.3, 0.4) is 0 Å². The molecule has 0 aliphatic carbocycles. The second-order valence-corrected chi connectivity index (χ2v) is 6.52. The number of nitrogens with zero attached hydrogens (tertiary/aromatic N) is 1. The molecule has 4 N–H and O–H groups in total. The Hall–Kier alpha value is -2.23. The molecule has 0 fully saturated rings. The van der Waals surface area contributed by atoms with Crippen LogP contribution in [-0.2, 0) is 20.7 Å². The quantitative estimate of drug-likeness (QED) is 0.296. The monoisotopic (exact) mass is 417 g/mol. The van der Waals surface area contributed by atoms with E-state index in [1.165, 1.54) is 25.3 Å². The van der Waals surface area contributed by atoms with Gasteiger partial charge >= 0.3 is 5.97 Å². The van der Waals surface area contributed by atoms with E-state index in [1.54, 1.807) is 6.07 Å². The van der Waals surface area contributed by atoms with Crippen molar-refractivity contribution in [1.29, 1.82) is 0 Å². The fraction of sp³-hybridized carbons (Fsp3) is 0.556. The number of methoxy groups -OCH3 is 1. The molecular formula is C18H28ClN3O6. The van der Waals surface area contributed by atoms with E-state index in [4.69, 9.17) is 10.5 Å². The van der Waals surface area contributed by atoms with Crippen molar-refractivity contribution in [2.24, 2.45) is 11.7 Å². The summed E-state index contributed by atoms with van der Waals surface area (Å²) in [5.74, 6) is -1.20. The summed E-state index contributed by atoms with van der Waals surface area (Å²) in [6, 6.07) is 4.34. The summed E-state index contributed by atoms with van der Waals surface area (Å²) in [7, 11) is 1.24. The van der Waals surface area contributed by atoms with E-state index >= 15 is 0 Å². The number of rotatable bonds is 10. The lowest BCUT2D eigenvalue weighted by atomic mass is 9.97. The van der Waals surface area contributed by atoms with Crippen LogP contribution in [0.4, 0.5) is 5.69 Å². The molecule has 158 valence electrons. The van der Waals surface area contributed by atoms with Crippen molar-refractivity contribution in [3.63, 3.8) is 0 Å². The second kappa shape index (κ2) is 12.3. The number of benzene rings is 1. The van der Waals surface area contributed by atoms with Gasteiger partial charge in [0.05, 0.1) is 24.6 Å². The summed E-state index contributed by atoms with van der Waals surface area (Å²) in [5.41, 5.74) is 6.45. The first-order valence-corrected chi connectivity index (χ1v) is 8.73. The van der Waals surface area contributed by atoms with Crippen LogP contribution in [0.25, 0.3) is 0 Å². The number of hydrogen-bond donors (Lipinski definition) is 3. The number of non-ortho nitro benzene ring substituents is 1. The molecule has 28 heavy (non-hydrogen) atoms. The zero-order valence-electron chi connectivity index (χ0n) is 16.2. The highest BCUT2D eigenvalue weighted by molar-refractivity contribution is 5.85. The number of esters is 1. The van der Waals surface area contributed by atoms with E-state index in [0.717, 1.165) is 0 Å². The molecule has 0 bridgehead atoms. The number of aliphatic hydroxyl groups excluding tert-OH is 1. The lowest BCUT2D eigenvalue weighted by Gasteiger charge is -2.24. The molecule has 0 radical (unpaired) electrons. The number of nitrogens with one attached hydrogen (secondary N) is 1. The van der Waals surface area contributed by atoms with Gasteiger partial charge in [-0.1, -0.05) is 32.4 Å². The van der Waals surface area contributed by atoms with Gasteiger partial charge in [0.2, 0.25) is 5.91 Å². The number of aliphatic hydroxyl groups is 1. The van der Waals surface area contributed by atoms with Crippen LogP contribution < -0.4 is 11.1 Å². The first-order chi connectivity index (χ1) is 12.7. The standard InChI is InChI=1S/C18H27N3O6.ClH/c1-4-11(2)17(18(24)27-3)20-16(23)10-15(22)14(19)9-12-6-5-7-13(8-12)21(25)26;/h5-8,11,14-15,17,22H,4,9-10,19H2,1-3H3,(H,20,23);1H/t11-,14-,15?,17-;/m0./s1.